The van der Waals surface area contributed by atoms with E-state index >= 15 is 0 Å². The van der Waals surface area contributed by atoms with Crippen molar-refractivity contribution >= 4 is 0 Å². The fourth-order valence-corrected chi connectivity index (χ4v) is 2.41. The van der Waals surface area contributed by atoms with Crippen molar-refractivity contribution in [3.63, 3.8) is 0 Å². The Morgan fingerprint density at radius 2 is 2.09 bits per heavy atom. The van der Waals surface area contributed by atoms with E-state index in [1.807, 2.05) is 6.92 Å². The van der Waals surface area contributed by atoms with Gasteiger partial charge in [0.1, 0.15) is 24.1 Å². The Morgan fingerprint density at radius 1 is 1.32 bits per heavy atom. The fourth-order valence-electron chi connectivity index (χ4n) is 2.41. The molecule has 0 bridgehead atoms. The van der Waals surface area contributed by atoms with Crippen molar-refractivity contribution in [1.29, 1.82) is 0 Å². The average molecular weight is 302 g/mol. The van der Waals surface area contributed by atoms with E-state index in [0.717, 1.165) is 0 Å². The van der Waals surface area contributed by atoms with E-state index in [0.29, 0.717) is 5.56 Å². The van der Waals surface area contributed by atoms with Crippen molar-refractivity contribution in [2.45, 2.75) is 25.1 Å². The van der Waals surface area contributed by atoms with Crippen molar-refractivity contribution in [3.8, 4) is 0 Å². The Labute approximate surface area is 126 Å². The third kappa shape index (κ3) is 2.60. The topological polar surface area (TPSA) is 81.6 Å². The predicted molar refractivity (Wildman–Crippen MR) is 75.1 cm³/mol. The van der Waals surface area contributed by atoms with Crippen molar-refractivity contribution in [3.05, 3.63) is 60.7 Å². The molecule has 0 spiro atoms. The lowest BCUT2D eigenvalue weighted by Gasteiger charge is -2.34. The number of hydrogen-bond donors (Lipinski definition) is 1. The lowest BCUT2D eigenvalue weighted by atomic mass is 9.87. The molecule has 0 aliphatic heterocycles. The first-order valence-electron chi connectivity index (χ1n) is 6.76. The summed E-state index contributed by atoms with van der Waals surface area (Å²) in [6.45, 7) is 1.97. The molecule has 22 heavy (non-hydrogen) atoms. The normalized spacial score (nSPS) is 15.4. The zero-order valence-electron chi connectivity index (χ0n) is 11.9. The highest BCUT2D eigenvalue weighted by Crippen LogP contribution is 2.34. The molecule has 114 valence electrons. The maximum absolute atomic E-state index is 13.2. The van der Waals surface area contributed by atoms with Gasteiger partial charge >= 0.3 is 0 Å². The van der Waals surface area contributed by atoms with Crippen LogP contribution in [0.1, 0.15) is 18.5 Å². The van der Waals surface area contributed by atoms with E-state index in [4.69, 9.17) is 0 Å². The molecule has 1 aromatic carbocycles. The predicted octanol–water partition coefficient (Wildman–Crippen LogP) is 1.16. The minimum Gasteiger partial charge on any atom is -0.381 e. The van der Waals surface area contributed by atoms with E-state index in [-0.39, 0.29) is 12.4 Å². The molecule has 2 aromatic heterocycles. The van der Waals surface area contributed by atoms with Gasteiger partial charge in [-0.15, -0.1) is 5.10 Å². The highest BCUT2D eigenvalue weighted by Gasteiger charge is 2.38. The molecule has 0 saturated carbocycles. The number of halogens is 1. The lowest BCUT2D eigenvalue weighted by molar-refractivity contribution is -0.0346. The van der Waals surface area contributed by atoms with Gasteiger partial charge in [-0.1, -0.05) is 17.3 Å². The summed E-state index contributed by atoms with van der Waals surface area (Å²) in [7, 11) is 0. The van der Waals surface area contributed by atoms with Gasteiger partial charge in [0.25, 0.3) is 0 Å². The van der Waals surface area contributed by atoms with Crippen LogP contribution in [-0.4, -0.2) is 34.9 Å². The van der Waals surface area contributed by atoms with E-state index in [1.54, 1.807) is 23.0 Å². The van der Waals surface area contributed by atoms with Crippen LogP contribution in [0.25, 0.3) is 0 Å². The second-order valence-corrected chi connectivity index (χ2v) is 5.08. The molecule has 0 unspecified atom stereocenters. The largest absolute Gasteiger partial charge is 0.381 e. The Morgan fingerprint density at radius 3 is 2.68 bits per heavy atom. The first kappa shape index (κ1) is 14.3. The quantitative estimate of drug-likeness (QED) is 0.765. The molecule has 2 atom stereocenters. The number of benzene rings is 1. The summed E-state index contributed by atoms with van der Waals surface area (Å²) in [5, 5.41) is 23.0. The molecule has 2 heterocycles. The zero-order chi connectivity index (χ0) is 15.6. The van der Waals surface area contributed by atoms with E-state index in [9.17, 15) is 9.50 Å². The van der Waals surface area contributed by atoms with Crippen molar-refractivity contribution in [2.24, 2.45) is 0 Å². The van der Waals surface area contributed by atoms with E-state index in [2.05, 4.69) is 20.4 Å². The lowest BCUT2D eigenvalue weighted by Crippen LogP contribution is -2.40. The molecule has 0 saturated heterocycles. The summed E-state index contributed by atoms with van der Waals surface area (Å²) in [5.74, 6) is -0.361. The molecule has 0 amide bonds. The molecule has 3 rings (SSSR count). The van der Waals surface area contributed by atoms with Gasteiger partial charge in [0.15, 0.2) is 0 Å². The molecule has 0 aliphatic rings. The summed E-state index contributed by atoms with van der Waals surface area (Å²) in [6.07, 6.45) is 6.12. The molecule has 1 N–H and O–H groups in total. The van der Waals surface area contributed by atoms with Gasteiger partial charge in [0, 0.05) is 6.20 Å². The van der Waals surface area contributed by atoms with Gasteiger partial charge in [-0.2, -0.15) is 5.10 Å². The highest BCUT2D eigenvalue weighted by atomic mass is 19.1. The second kappa shape index (κ2) is 5.64. The maximum Gasteiger partial charge on any atom is 0.137 e. The van der Waals surface area contributed by atoms with Crippen LogP contribution in [0.5, 0.6) is 0 Å². The van der Waals surface area contributed by atoms with Crippen molar-refractivity contribution < 1.29 is 9.50 Å². The smallest absolute Gasteiger partial charge is 0.137 e. The summed E-state index contributed by atoms with van der Waals surface area (Å²) >= 11 is 0. The van der Waals surface area contributed by atoms with Gasteiger partial charge in [0.2, 0.25) is 0 Å². The number of hydrogen-bond acceptors (Lipinski definition) is 5. The van der Waals surface area contributed by atoms with Gasteiger partial charge in [-0.3, -0.25) is 0 Å². The van der Waals surface area contributed by atoms with Gasteiger partial charge in [0.05, 0.1) is 18.8 Å². The summed E-state index contributed by atoms with van der Waals surface area (Å²) in [6, 6.07) is 5.30. The van der Waals surface area contributed by atoms with E-state index < -0.39 is 11.6 Å². The zero-order valence-corrected chi connectivity index (χ0v) is 11.9. The molecule has 0 aliphatic carbocycles. The molecule has 0 radical (unpaired) electrons. The Hall–Kier alpha value is -2.61. The average Bonchev–Trinajstić information content (AvgIpc) is 3.20. The molecular formula is C14H15FN6O. The second-order valence-electron chi connectivity index (χ2n) is 5.08. The minimum absolute atomic E-state index is 0.152. The summed E-state index contributed by atoms with van der Waals surface area (Å²) < 4.78 is 16.3. The van der Waals surface area contributed by atoms with Crippen LogP contribution in [0.3, 0.4) is 0 Å². The number of aromatic nitrogens is 6. The van der Waals surface area contributed by atoms with Gasteiger partial charge < -0.3 is 5.11 Å². The number of nitrogens with zero attached hydrogens (tertiary/aromatic N) is 6. The fraction of sp³-hybridized carbons (Fsp3) is 0.286. The van der Waals surface area contributed by atoms with Gasteiger partial charge in [-0.05, 0) is 24.6 Å². The standard InChI is InChI=1S/C14H15FN6O/c1-11(21-7-6-17-19-21)14(22,8-20-10-16-9-18-20)12-2-4-13(15)5-3-12/h2-7,9-11,22H,8H2,1H3/t11-,14-/m0/s1. The molecule has 0 fully saturated rings. The molecule has 3 aromatic rings. The third-order valence-electron chi connectivity index (χ3n) is 3.74. The maximum atomic E-state index is 13.2. The van der Waals surface area contributed by atoms with Gasteiger partial charge in [-0.25, -0.2) is 18.7 Å². The van der Waals surface area contributed by atoms with Crippen molar-refractivity contribution in [2.75, 3.05) is 0 Å². The Kier molecular flexibility index (Phi) is 3.68. The SMILES string of the molecule is C[C@H](n1ccnn1)[C@@](O)(Cn1cncn1)c1ccc(F)cc1. The van der Waals surface area contributed by atoms with Crippen LogP contribution in [0.4, 0.5) is 4.39 Å². The number of aliphatic hydroxyl groups is 1. The first-order chi connectivity index (χ1) is 10.6. The van der Waals surface area contributed by atoms with Crippen LogP contribution in [0.15, 0.2) is 49.3 Å². The summed E-state index contributed by atoms with van der Waals surface area (Å²) in [5.41, 5.74) is -0.790. The van der Waals surface area contributed by atoms with Crippen LogP contribution in [0, 0.1) is 5.82 Å². The number of rotatable bonds is 5. The van der Waals surface area contributed by atoms with Crippen LogP contribution in [-0.2, 0) is 12.1 Å². The van der Waals surface area contributed by atoms with Crippen LogP contribution in [0.2, 0.25) is 0 Å². The van der Waals surface area contributed by atoms with E-state index in [1.165, 1.54) is 35.7 Å². The highest BCUT2D eigenvalue weighted by molar-refractivity contribution is 5.24. The third-order valence-corrected chi connectivity index (χ3v) is 3.74. The monoisotopic (exact) mass is 302 g/mol. The van der Waals surface area contributed by atoms with Crippen molar-refractivity contribution in [1.82, 2.24) is 29.8 Å². The van der Waals surface area contributed by atoms with Crippen LogP contribution < -0.4 is 0 Å². The Bertz CT molecular complexity index is 712. The Balaban J connectivity index is 2.02. The first-order valence-corrected chi connectivity index (χ1v) is 6.76. The van der Waals surface area contributed by atoms with Crippen LogP contribution >= 0.6 is 0 Å². The molecule has 7 nitrogen and oxygen atoms in total. The molecular weight excluding hydrogens is 287 g/mol. The minimum atomic E-state index is -1.35. The summed E-state index contributed by atoms with van der Waals surface area (Å²) in [4.78, 5) is 3.88. The molecule has 8 heteroatoms.